The Balaban J connectivity index is 2.73. The molecule has 0 bridgehead atoms. The fourth-order valence-electron chi connectivity index (χ4n) is 1.45. The van der Waals surface area contributed by atoms with Gasteiger partial charge in [0, 0.05) is 15.9 Å². The Morgan fingerprint density at radius 3 is 2.86 bits per heavy atom. The maximum absolute atomic E-state index is 5.15. The number of rotatable bonds is 2. The van der Waals surface area contributed by atoms with Crippen molar-refractivity contribution < 1.29 is 4.74 Å². The first-order valence-corrected chi connectivity index (χ1v) is 5.86. The zero-order chi connectivity index (χ0) is 9.97. The number of aromatic nitrogens is 1. The van der Waals surface area contributed by atoms with Gasteiger partial charge < -0.3 is 4.74 Å². The first-order valence-electron chi connectivity index (χ1n) is 4.34. The van der Waals surface area contributed by atoms with Crippen LogP contribution >= 0.6 is 22.6 Å². The minimum Gasteiger partial charge on any atom is -0.481 e. The van der Waals surface area contributed by atoms with E-state index >= 15 is 0 Å². The smallest absolute Gasteiger partial charge is 0.213 e. The summed E-state index contributed by atoms with van der Waals surface area (Å²) in [4.78, 5) is 4.41. The third-order valence-corrected chi connectivity index (χ3v) is 2.85. The Bertz CT molecular complexity index is 456. The van der Waals surface area contributed by atoms with Crippen LogP contribution in [0.2, 0.25) is 0 Å². The summed E-state index contributed by atoms with van der Waals surface area (Å²) in [5, 5.41) is 2.40. The molecule has 0 spiro atoms. The molecule has 1 aromatic heterocycles. The van der Waals surface area contributed by atoms with Gasteiger partial charge in [0.1, 0.15) is 0 Å². The number of halogens is 1. The van der Waals surface area contributed by atoms with Crippen molar-refractivity contribution in [1.29, 1.82) is 0 Å². The van der Waals surface area contributed by atoms with Gasteiger partial charge in [0.2, 0.25) is 5.88 Å². The van der Waals surface area contributed by atoms with Crippen LogP contribution in [0.15, 0.2) is 30.3 Å². The second-order valence-electron chi connectivity index (χ2n) is 2.97. The molecule has 2 nitrogen and oxygen atoms in total. The van der Waals surface area contributed by atoms with E-state index in [1.54, 1.807) is 7.11 Å². The number of pyridine rings is 1. The van der Waals surface area contributed by atoms with Crippen molar-refractivity contribution in [3.63, 3.8) is 0 Å². The van der Waals surface area contributed by atoms with E-state index in [0.29, 0.717) is 5.88 Å². The van der Waals surface area contributed by atoms with Crippen molar-refractivity contribution >= 4 is 33.4 Å². The Hall–Kier alpha value is -0.840. The lowest BCUT2D eigenvalue weighted by atomic mass is 10.1. The second kappa shape index (κ2) is 4.13. The lowest BCUT2D eigenvalue weighted by Gasteiger charge is -2.05. The average Bonchev–Trinajstić information content (AvgIpc) is 2.27. The van der Waals surface area contributed by atoms with Gasteiger partial charge in [0.15, 0.2) is 0 Å². The van der Waals surface area contributed by atoms with Gasteiger partial charge in [-0.25, -0.2) is 4.98 Å². The molecule has 0 saturated carbocycles. The maximum atomic E-state index is 5.15. The highest BCUT2D eigenvalue weighted by atomic mass is 127. The molecular formula is C11H10INO. The highest BCUT2D eigenvalue weighted by Crippen LogP contribution is 2.23. The third kappa shape index (κ3) is 1.68. The van der Waals surface area contributed by atoms with Gasteiger partial charge in [0.25, 0.3) is 0 Å². The highest BCUT2D eigenvalue weighted by Gasteiger charge is 2.03. The number of methoxy groups -OCH3 is 1. The molecule has 0 unspecified atom stereocenters. The number of hydrogen-bond acceptors (Lipinski definition) is 2. The first kappa shape index (κ1) is 9.71. The van der Waals surface area contributed by atoms with Crippen LogP contribution in [0.25, 0.3) is 10.8 Å². The van der Waals surface area contributed by atoms with Gasteiger partial charge in [0.05, 0.1) is 12.8 Å². The predicted octanol–water partition coefficient (Wildman–Crippen LogP) is 3.18. The van der Waals surface area contributed by atoms with Crippen molar-refractivity contribution in [2.75, 3.05) is 7.11 Å². The molecule has 1 heterocycles. The van der Waals surface area contributed by atoms with Gasteiger partial charge in [-0.2, -0.15) is 0 Å². The summed E-state index contributed by atoms with van der Waals surface area (Å²) in [6.45, 7) is 0. The quantitative estimate of drug-likeness (QED) is 0.627. The zero-order valence-corrected chi connectivity index (χ0v) is 9.98. The zero-order valence-electron chi connectivity index (χ0n) is 7.83. The van der Waals surface area contributed by atoms with Gasteiger partial charge in [-0.3, -0.25) is 0 Å². The molecule has 2 rings (SSSR count). The molecule has 14 heavy (non-hydrogen) atoms. The number of fused-ring (bicyclic) bond motifs is 1. The van der Waals surface area contributed by atoms with E-state index in [9.17, 15) is 0 Å². The second-order valence-corrected chi connectivity index (χ2v) is 3.73. The molecule has 72 valence electrons. The molecule has 0 aliphatic carbocycles. The number of alkyl halides is 1. The molecule has 0 fully saturated rings. The molecular weight excluding hydrogens is 289 g/mol. The number of ether oxygens (including phenoxy) is 1. The summed E-state index contributed by atoms with van der Waals surface area (Å²) in [6.07, 6.45) is 0. The van der Waals surface area contributed by atoms with E-state index in [-0.39, 0.29) is 0 Å². The van der Waals surface area contributed by atoms with E-state index in [4.69, 9.17) is 4.74 Å². The Morgan fingerprint density at radius 1 is 1.36 bits per heavy atom. The molecule has 1 aromatic carbocycles. The largest absolute Gasteiger partial charge is 0.481 e. The van der Waals surface area contributed by atoms with E-state index in [2.05, 4.69) is 39.7 Å². The van der Waals surface area contributed by atoms with Crippen LogP contribution in [-0.4, -0.2) is 12.1 Å². The van der Waals surface area contributed by atoms with Crippen molar-refractivity contribution in [3.05, 3.63) is 36.0 Å². The van der Waals surface area contributed by atoms with Gasteiger partial charge in [-0.1, -0.05) is 46.9 Å². The summed E-state index contributed by atoms with van der Waals surface area (Å²) in [5.74, 6) is 0.690. The minimum absolute atomic E-state index is 0.690. The fourth-order valence-corrected chi connectivity index (χ4v) is 2.03. The van der Waals surface area contributed by atoms with Gasteiger partial charge in [-0.15, -0.1) is 0 Å². The first-order chi connectivity index (χ1) is 6.85. The molecule has 0 amide bonds. The Morgan fingerprint density at radius 2 is 2.14 bits per heavy atom. The normalized spacial score (nSPS) is 10.4. The molecule has 0 aliphatic rings. The molecule has 2 aromatic rings. The Labute approximate surface area is 96.4 Å². The maximum Gasteiger partial charge on any atom is 0.213 e. The summed E-state index contributed by atoms with van der Waals surface area (Å²) < 4.78 is 6.05. The van der Waals surface area contributed by atoms with Crippen molar-refractivity contribution in [2.24, 2.45) is 0 Å². The van der Waals surface area contributed by atoms with E-state index in [1.165, 1.54) is 10.8 Å². The van der Waals surface area contributed by atoms with Crippen LogP contribution in [0.3, 0.4) is 0 Å². The van der Waals surface area contributed by atoms with Gasteiger partial charge >= 0.3 is 0 Å². The van der Waals surface area contributed by atoms with Crippen molar-refractivity contribution in [2.45, 2.75) is 4.43 Å². The minimum atomic E-state index is 0.690. The van der Waals surface area contributed by atoms with E-state index in [1.807, 2.05) is 18.2 Å². The topological polar surface area (TPSA) is 22.1 Å². The summed E-state index contributed by atoms with van der Waals surface area (Å²) in [6, 6.07) is 10.2. The summed E-state index contributed by atoms with van der Waals surface area (Å²) in [7, 11) is 1.65. The standard InChI is InChI=1S/C11H10INO/c1-14-11-6-8-4-2-3-5-9(8)10(7-12)13-11/h2-6H,7H2,1H3. The van der Waals surface area contributed by atoms with E-state index in [0.717, 1.165) is 10.1 Å². The fraction of sp³-hybridized carbons (Fsp3) is 0.182. The average molecular weight is 299 g/mol. The van der Waals surface area contributed by atoms with Gasteiger partial charge in [-0.05, 0) is 5.39 Å². The monoisotopic (exact) mass is 299 g/mol. The summed E-state index contributed by atoms with van der Waals surface area (Å²) in [5.41, 5.74) is 1.08. The number of nitrogens with zero attached hydrogens (tertiary/aromatic N) is 1. The lowest BCUT2D eigenvalue weighted by Crippen LogP contribution is -1.92. The predicted molar refractivity (Wildman–Crippen MR) is 66.0 cm³/mol. The highest BCUT2D eigenvalue weighted by molar-refractivity contribution is 14.1. The number of benzene rings is 1. The van der Waals surface area contributed by atoms with Crippen molar-refractivity contribution in [3.8, 4) is 5.88 Å². The van der Waals surface area contributed by atoms with Crippen LogP contribution < -0.4 is 4.74 Å². The summed E-state index contributed by atoms with van der Waals surface area (Å²) >= 11 is 2.32. The third-order valence-electron chi connectivity index (χ3n) is 2.13. The van der Waals surface area contributed by atoms with Crippen LogP contribution in [0, 0.1) is 0 Å². The van der Waals surface area contributed by atoms with E-state index < -0.39 is 0 Å². The molecule has 0 aliphatic heterocycles. The van der Waals surface area contributed by atoms with Crippen LogP contribution in [0.4, 0.5) is 0 Å². The molecule has 0 atom stereocenters. The molecule has 0 saturated heterocycles. The van der Waals surface area contributed by atoms with Crippen LogP contribution in [-0.2, 0) is 4.43 Å². The van der Waals surface area contributed by atoms with Crippen LogP contribution in [0.5, 0.6) is 5.88 Å². The molecule has 3 heteroatoms. The SMILES string of the molecule is COc1cc2ccccc2c(CI)n1. The molecule has 0 N–H and O–H groups in total. The van der Waals surface area contributed by atoms with Crippen molar-refractivity contribution in [1.82, 2.24) is 4.98 Å². The molecule has 0 radical (unpaired) electrons. The Kier molecular flexibility index (Phi) is 2.86. The number of hydrogen-bond donors (Lipinski definition) is 0. The van der Waals surface area contributed by atoms with Crippen LogP contribution in [0.1, 0.15) is 5.69 Å². The lowest BCUT2D eigenvalue weighted by molar-refractivity contribution is 0.398.